The molecule has 0 amide bonds. The summed E-state index contributed by atoms with van der Waals surface area (Å²) in [5, 5.41) is 0.795. The van der Waals surface area contributed by atoms with Gasteiger partial charge in [-0.2, -0.15) is 0 Å². The first-order valence-electron chi connectivity index (χ1n) is 3.85. The van der Waals surface area contributed by atoms with Crippen molar-refractivity contribution >= 4 is 16.7 Å². The molecule has 1 N–H and O–H groups in total. The molecule has 2 rings (SSSR count). The number of nitrogens with one attached hydrogen (secondary N) is 1. The van der Waals surface area contributed by atoms with Crippen molar-refractivity contribution in [1.82, 2.24) is 5.73 Å². The monoisotopic (exact) mass is 173 g/mol. The topological polar surface area (TPSA) is 54.0 Å². The lowest BCUT2D eigenvalue weighted by atomic mass is 10.1. The van der Waals surface area contributed by atoms with Crippen LogP contribution in [0.2, 0.25) is 0 Å². The summed E-state index contributed by atoms with van der Waals surface area (Å²) < 4.78 is 4.90. The Balaban J connectivity index is 3.02. The molecule has 0 bridgehead atoms. The molecule has 13 heavy (non-hydrogen) atoms. The molecule has 0 aliphatic carbocycles. The highest BCUT2D eigenvalue weighted by atomic mass is 16.4. The maximum Gasteiger partial charge on any atom is 0.361 e. The average Bonchev–Trinajstić information content (AvgIpc) is 2.15. The Morgan fingerprint density at radius 3 is 3.08 bits per heavy atom. The fourth-order valence-electron chi connectivity index (χ4n) is 1.25. The minimum absolute atomic E-state index is 0.0706. The highest BCUT2D eigenvalue weighted by Crippen LogP contribution is 2.19. The fourth-order valence-corrected chi connectivity index (χ4v) is 1.25. The molecule has 0 spiro atoms. The molecule has 3 heteroatoms. The van der Waals surface area contributed by atoms with E-state index in [9.17, 15) is 4.79 Å². The third-order valence-corrected chi connectivity index (χ3v) is 2.01. The van der Waals surface area contributed by atoms with Crippen LogP contribution < -0.4 is 11.4 Å². The second kappa shape index (κ2) is 2.62. The molecule has 0 unspecified atom stereocenters. The highest BCUT2D eigenvalue weighted by Gasteiger charge is 2.06. The van der Waals surface area contributed by atoms with Crippen molar-refractivity contribution in [1.29, 1.82) is 0 Å². The molecule has 64 valence electrons. The molecular weight excluding hydrogens is 166 g/mol. The molecule has 1 aromatic carbocycles. The van der Waals surface area contributed by atoms with E-state index < -0.39 is 5.63 Å². The Kier molecular flexibility index (Phi) is 1.59. The second-order valence-corrected chi connectivity index (χ2v) is 2.81. The van der Waals surface area contributed by atoms with E-state index in [4.69, 9.17) is 10.2 Å². The van der Waals surface area contributed by atoms with Crippen LogP contribution in [0.15, 0.2) is 27.4 Å². The summed E-state index contributed by atoms with van der Waals surface area (Å²) >= 11 is 0. The Labute approximate surface area is 74.8 Å². The van der Waals surface area contributed by atoms with Crippen LogP contribution in [0.5, 0.6) is 0 Å². The molecule has 2 aromatic rings. The second-order valence-electron chi connectivity index (χ2n) is 2.81. The molecule has 3 nitrogen and oxygen atoms in total. The molecule has 0 aliphatic heterocycles. The van der Waals surface area contributed by atoms with Crippen LogP contribution in [0.4, 0.5) is 5.69 Å². The third kappa shape index (κ3) is 1.09. The van der Waals surface area contributed by atoms with Gasteiger partial charge in [-0.25, -0.2) is 4.79 Å². The summed E-state index contributed by atoms with van der Waals surface area (Å²) in [6.07, 6.45) is 0. The van der Waals surface area contributed by atoms with Crippen molar-refractivity contribution in [2.45, 2.75) is 6.92 Å². The molecule has 0 saturated heterocycles. The van der Waals surface area contributed by atoms with Gasteiger partial charge < -0.3 is 4.42 Å². The van der Waals surface area contributed by atoms with Gasteiger partial charge in [0.05, 0.1) is 0 Å². The summed E-state index contributed by atoms with van der Waals surface area (Å²) in [6, 6.07) is 7.93. The zero-order valence-corrected chi connectivity index (χ0v) is 7.05. The average molecular weight is 173 g/mol. The number of hydrogen-bond acceptors (Lipinski definition) is 2. The van der Waals surface area contributed by atoms with E-state index in [0.717, 1.165) is 5.39 Å². The number of benzene rings is 1. The first-order chi connectivity index (χ1) is 6.20. The maximum absolute atomic E-state index is 11.1. The number of hydrogen-bond donors (Lipinski definition) is 0. The fraction of sp³-hybridized carbons (Fsp3) is 0.100. The van der Waals surface area contributed by atoms with Gasteiger partial charge in [-0.15, -0.1) is 0 Å². The molecule has 0 atom stereocenters. The summed E-state index contributed by atoms with van der Waals surface area (Å²) in [5.74, 6) is 0. The van der Waals surface area contributed by atoms with Gasteiger partial charge in [0, 0.05) is 5.39 Å². The molecule has 0 fully saturated rings. The van der Waals surface area contributed by atoms with Gasteiger partial charge in [-0.1, -0.05) is 12.1 Å². The van der Waals surface area contributed by atoms with Crippen molar-refractivity contribution in [3.8, 4) is 0 Å². The molecular formula is C10H7NO2. The van der Waals surface area contributed by atoms with Crippen molar-refractivity contribution in [2.75, 3.05) is 0 Å². The summed E-state index contributed by atoms with van der Waals surface area (Å²) in [4.78, 5) is 11.1. The van der Waals surface area contributed by atoms with Gasteiger partial charge in [0.15, 0.2) is 0 Å². The minimum atomic E-state index is -0.593. The van der Waals surface area contributed by atoms with Gasteiger partial charge in [0.1, 0.15) is 11.3 Å². The van der Waals surface area contributed by atoms with E-state index in [1.165, 1.54) is 0 Å². The number of fused-ring (bicyclic) bond motifs is 1. The quantitative estimate of drug-likeness (QED) is 0.570. The lowest BCUT2D eigenvalue weighted by Crippen LogP contribution is -2.02. The van der Waals surface area contributed by atoms with Gasteiger partial charge in [0.2, 0.25) is 0 Å². The summed E-state index contributed by atoms with van der Waals surface area (Å²) in [6.45, 7) is 1.74. The SMILES string of the molecule is Cc1c([NH])c(=O)oc2c[c]ccc12. The predicted octanol–water partition coefficient (Wildman–Crippen LogP) is 1.82. The largest absolute Gasteiger partial charge is 0.421 e. The Hall–Kier alpha value is -1.77. The predicted molar refractivity (Wildman–Crippen MR) is 48.8 cm³/mol. The first kappa shape index (κ1) is 7.86. The van der Waals surface area contributed by atoms with Crippen LogP contribution in [0, 0.1) is 13.0 Å². The van der Waals surface area contributed by atoms with Crippen LogP contribution in [0.3, 0.4) is 0 Å². The van der Waals surface area contributed by atoms with Crippen LogP contribution in [-0.4, -0.2) is 0 Å². The third-order valence-electron chi connectivity index (χ3n) is 2.01. The lowest BCUT2D eigenvalue weighted by molar-refractivity contribution is 0.561. The molecule has 0 saturated carbocycles. The zero-order valence-electron chi connectivity index (χ0n) is 7.05. The van der Waals surface area contributed by atoms with Gasteiger partial charge in [0.25, 0.3) is 0 Å². The zero-order chi connectivity index (χ0) is 9.42. The van der Waals surface area contributed by atoms with Crippen molar-refractivity contribution in [2.24, 2.45) is 0 Å². The van der Waals surface area contributed by atoms with Crippen LogP contribution in [-0.2, 0) is 0 Å². The Morgan fingerprint density at radius 2 is 2.31 bits per heavy atom. The standard InChI is InChI=1S/C10H7NO2/c1-6-7-4-2-3-5-8(7)13-10(12)9(6)11/h2,4-5,11H,1H3. The smallest absolute Gasteiger partial charge is 0.361 e. The highest BCUT2D eigenvalue weighted by molar-refractivity contribution is 5.83. The van der Waals surface area contributed by atoms with E-state index in [2.05, 4.69) is 6.07 Å². The molecule has 1 aromatic heterocycles. The van der Waals surface area contributed by atoms with Crippen molar-refractivity contribution < 1.29 is 4.42 Å². The van der Waals surface area contributed by atoms with Gasteiger partial charge in [-0.05, 0) is 24.6 Å². The van der Waals surface area contributed by atoms with Crippen molar-refractivity contribution in [3.05, 3.63) is 40.2 Å². The maximum atomic E-state index is 11.1. The van der Waals surface area contributed by atoms with E-state index in [0.29, 0.717) is 11.1 Å². The normalized spacial score (nSPS) is 10.5. The Morgan fingerprint density at radius 1 is 1.54 bits per heavy atom. The lowest BCUT2D eigenvalue weighted by Gasteiger charge is -2.00. The van der Waals surface area contributed by atoms with E-state index in [1.807, 2.05) is 0 Å². The Bertz CT molecular complexity index is 514. The van der Waals surface area contributed by atoms with Gasteiger partial charge in [-0.3, -0.25) is 5.73 Å². The van der Waals surface area contributed by atoms with Crippen LogP contribution in [0.1, 0.15) is 5.56 Å². The summed E-state index contributed by atoms with van der Waals surface area (Å²) in [5.41, 5.74) is 7.89. The van der Waals surface area contributed by atoms with Crippen molar-refractivity contribution in [3.63, 3.8) is 0 Å². The minimum Gasteiger partial charge on any atom is -0.421 e. The number of rotatable bonds is 0. The van der Waals surface area contributed by atoms with E-state index >= 15 is 0 Å². The van der Waals surface area contributed by atoms with Crippen LogP contribution in [0.25, 0.3) is 11.0 Å². The van der Waals surface area contributed by atoms with Gasteiger partial charge >= 0.3 is 5.63 Å². The molecule has 0 aliphatic rings. The molecule has 1 heterocycles. The van der Waals surface area contributed by atoms with E-state index in [1.54, 1.807) is 25.1 Å². The summed E-state index contributed by atoms with van der Waals surface area (Å²) in [7, 11) is 0. The first-order valence-corrected chi connectivity index (χ1v) is 3.85. The number of aryl methyl sites for hydroxylation is 1. The van der Waals surface area contributed by atoms with Crippen LogP contribution >= 0.6 is 0 Å². The van der Waals surface area contributed by atoms with E-state index in [-0.39, 0.29) is 5.69 Å². The molecule has 2 radical (unpaired) electrons.